The Kier molecular flexibility index (Phi) is 2.95. The van der Waals surface area contributed by atoms with Crippen molar-refractivity contribution < 1.29 is 23.7 Å². The van der Waals surface area contributed by atoms with E-state index in [1.807, 2.05) is 27.7 Å². The molecule has 5 unspecified atom stereocenters. The summed E-state index contributed by atoms with van der Waals surface area (Å²) in [5, 5.41) is 0. The van der Waals surface area contributed by atoms with Gasteiger partial charge in [0, 0.05) is 0 Å². The molecule has 0 bridgehead atoms. The normalized spacial score (nSPS) is 44.7. The third-order valence-corrected chi connectivity index (χ3v) is 4.02. The smallest absolute Gasteiger partial charge is 0.163 e. The van der Waals surface area contributed by atoms with Crippen LogP contribution in [0, 0.1) is 0 Å². The molecule has 3 heterocycles. The second kappa shape index (κ2) is 4.15. The van der Waals surface area contributed by atoms with E-state index in [1.54, 1.807) is 0 Å². The molecule has 3 saturated heterocycles. The van der Waals surface area contributed by atoms with E-state index < -0.39 is 5.79 Å². The molecule has 5 nitrogen and oxygen atoms in total. The quantitative estimate of drug-likeness (QED) is 0.691. The molecule has 3 rings (SSSR count). The molecular formula is C13H22O5. The summed E-state index contributed by atoms with van der Waals surface area (Å²) in [5.74, 6) is -0.519. The molecule has 3 aliphatic rings. The SMILES string of the molecule is CC(OC(C)C1(C2COC(C)(C)O2)CO1)C1CO1. The number of ether oxygens (including phenoxy) is 5. The van der Waals surface area contributed by atoms with Crippen LogP contribution in [0.3, 0.4) is 0 Å². The standard InChI is InChI=1S/C13H22O5/c1-8(10-5-14-10)17-9(2)13(7-16-13)11-6-15-12(3,4)18-11/h8-11H,5-7H2,1-4H3. The minimum Gasteiger partial charge on any atom is -0.370 e. The highest BCUT2D eigenvalue weighted by Gasteiger charge is 2.61. The largest absolute Gasteiger partial charge is 0.370 e. The molecule has 0 radical (unpaired) electrons. The Morgan fingerprint density at radius 2 is 1.83 bits per heavy atom. The maximum absolute atomic E-state index is 6.00. The predicted molar refractivity (Wildman–Crippen MR) is 63.3 cm³/mol. The van der Waals surface area contributed by atoms with Crippen LogP contribution < -0.4 is 0 Å². The van der Waals surface area contributed by atoms with E-state index >= 15 is 0 Å². The van der Waals surface area contributed by atoms with Gasteiger partial charge in [-0.1, -0.05) is 0 Å². The van der Waals surface area contributed by atoms with Gasteiger partial charge in [-0.2, -0.15) is 0 Å². The van der Waals surface area contributed by atoms with Crippen LogP contribution in [0.15, 0.2) is 0 Å². The Labute approximate surface area is 108 Å². The monoisotopic (exact) mass is 258 g/mol. The van der Waals surface area contributed by atoms with Gasteiger partial charge in [0.05, 0.1) is 32.0 Å². The highest BCUT2D eigenvalue weighted by atomic mass is 16.8. The van der Waals surface area contributed by atoms with Crippen LogP contribution in [0.5, 0.6) is 0 Å². The highest BCUT2D eigenvalue weighted by Crippen LogP contribution is 2.43. The fourth-order valence-electron chi connectivity index (χ4n) is 2.54. The summed E-state index contributed by atoms with van der Waals surface area (Å²) in [4.78, 5) is 0. The Bertz CT molecular complexity index is 321. The Morgan fingerprint density at radius 3 is 2.28 bits per heavy atom. The summed E-state index contributed by atoms with van der Waals surface area (Å²) >= 11 is 0. The van der Waals surface area contributed by atoms with E-state index in [4.69, 9.17) is 23.7 Å². The lowest BCUT2D eigenvalue weighted by molar-refractivity contribution is -0.158. The van der Waals surface area contributed by atoms with Crippen LogP contribution in [0.25, 0.3) is 0 Å². The third kappa shape index (κ3) is 2.30. The molecule has 3 aliphatic heterocycles. The zero-order valence-electron chi connectivity index (χ0n) is 11.5. The average molecular weight is 258 g/mol. The van der Waals surface area contributed by atoms with Crippen LogP contribution in [0.4, 0.5) is 0 Å². The summed E-state index contributed by atoms with van der Waals surface area (Å²) in [6.07, 6.45) is 0.297. The molecule has 104 valence electrons. The topological polar surface area (TPSA) is 52.8 Å². The van der Waals surface area contributed by atoms with Gasteiger partial charge < -0.3 is 23.7 Å². The van der Waals surface area contributed by atoms with Crippen molar-refractivity contribution in [3.8, 4) is 0 Å². The zero-order valence-corrected chi connectivity index (χ0v) is 11.5. The molecule has 3 fully saturated rings. The first kappa shape index (κ1) is 12.8. The molecule has 0 spiro atoms. The van der Waals surface area contributed by atoms with Crippen molar-refractivity contribution in [2.24, 2.45) is 0 Å². The first-order chi connectivity index (χ1) is 8.43. The highest BCUT2D eigenvalue weighted by molar-refractivity contribution is 5.06. The second-order valence-electron chi connectivity index (χ2n) is 5.92. The Hall–Kier alpha value is -0.200. The fourth-order valence-corrected chi connectivity index (χ4v) is 2.54. The van der Waals surface area contributed by atoms with Gasteiger partial charge in [-0.15, -0.1) is 0 Å². The molecule has 5 heteroatoms. The van der Waals surface area contributed by atoms with Crippen molar-refractivity contribution in [2.75, 3.05) is 19.8 Å². The number of hydrogen-bond donors (Lipinski definition) is 0. The van der Waals surface area contributed by atoms with Crippen molar-refractivity contribution in [3.63, 3.8) is 0 Å². The van der Waals surface area contributed by atoms with E-state index in [0.29, 0.717) is 13.2 Å². The number of epoxide rings is 2. The molecule has 0 aromatic rings. The van der Waals surface area contributed by atoms with Crippen LogP contribution in [0.2, 0.25) is 0 Å². The minimum absolute atomic E-state index is 0.0146. The van der Waals surface area contributed by atoms with Crippen molar-refractivity contribution in [1.29, 1.82) is 0 Å². The van der Waals surface area contributed by atoms with E-state index in [9.17, 15) is 0 Å². The second-order valence-corrected chi connectivity index (χ2v) is 5.92. The maximum Gasteiger partial charge on any atom is 0.163 e. The molecule has 0 amide bonds. The molecule has 5 atom stereocenters. The summed E-state index contributed by atoms with van der Waals surface area (Å²) < 4.78 is 28.4. The van der Waals surface area contributed by atoms with Gasteiger partial charge in [-0.3, -0.25) is 0 Å². The first-order valence-electron chi connectivity index (χ1n) is 6.66. The molecule has 18 heavy (non-hydrogen) atoms. The summed E-state index contributed by atoms with van der Waals surface area (Å²) in [6, 6.07) is 0. The van der Waals surface area contributed by atoms with Crippen molar-refractivity contribution in [3.05, 3.63) is 0 Å². The Balaban J connectivity index is 1.60. The van der Waals surface area contributed by atoms with Gasteiger partial charge in [-0.25, -0.2) is 0 Å². The van der Waals surface area contributed by atoms with Gasteiger partial charge in [0.2, 0.25) is 0 Å². The van der Waals surface area contributed by atoms with Gasteiger partial charge in [0.25, 0.3) is 0 Å². The molecule has 0 aromatic heterocycles. The zero-order chi connectivity index (χ0) is 13.0. The van der Waals surface area contributed by atoms with Crippen molar-refractivity contribution in [2.45, 2.75) is 63.5 Å². The van der Waals surface area contributed by atoms with Crippen LogP contribution in [0.1, 0.15) is 27.7 Å². The van der Waals surface area contributed by atoms with E-state index in [2.05, 4.69) is 0 Å². The van der Waals surface area contributed by atoms with Crippen LogP contribution in [-0.2, 0) is 23.7 Å². The van der Waals surface area contributed by atoms with E-state index in [-0.39, 0.29) is 30.0 Å². The van der Waals surface area contributed by atoms with E-state index in [0.717, 1.165) is 6.61 Å². The summed E-state index contributed by atoms with van der Waals surface area (Å²) in [7, 11) is 0. The van der Waals surface area contributed by atoms with Gasteiger partial charge in [0.15, 0.2) is 5.79 Å². The predicted octanol–water partition coefficient (Wildman–Crippen LogP) is 1.10. The minimum atomic E-state index is -0.519. The van der Waals surface area contributed by atoms with E-state index in [1.165, 1.54) is 0 Å². The molecule has 0 aliphatic carbocycles. The number of rotatable bonds is 5. The van der Waals surface area contributed by atoms with Crippen LogP contribution in [-0.4, -0.2) is 55.6 Å². The molecular weight excluding hydrogens is 236 g/mol. The lowest BCUT2D eigenvalue weighted by atomic mass is 9.98. The van der Waals surface area contributed by atoms with Gasteiger partial charge >= 0.3 is 0 Å². The van der Waals surface area contributed by atoms with Gasteiger partial charge in [-0.05, 0) is 27.7 Å². The summed E-state index contributed by atoms with van der Waals surface area (Å²) in [6.45, 7) is 9.98. The first-order valence-corrected chi connectivity index (χ1v) is 6.66. The van der Waals surface area contributed by atoms with Crippen molar-refractivity contribution >= 4 is 0 Å². The average Bonchev–Trinajstić information content (AvgIpc) is 3.17. The molecule has 0 aromatic carbocycles. The third-order valence-electron chi connectivity index (χ3n) is 4.02. The summed E-state index contributed by atoms with van der Waals surface area (Å²) in [5.41, 5.74) is -0.336. The lowest BCUT2D eigenvalue weighted by Gasteiger charge is -2.28. The molecule has 0 N–H and O–H groups in total. The van der Waals surface area contributed by atoms with Crippen molar-refractivity contribution in [1.82, 2.24) is 0 Å². The van der Waals surface area contributed by atoms with Crippen LogP contribution >= 0.6 is 0 Å². The lowest BCUT2D eigenvalue weighted by Crippen LogP contribution is -2.45. The molecule has 0 saturated carbocycles. The van der Waals surface area contributed by atoms with Gasteiger partial charge in [0.1, 0.15) is 17.8 Å². The maximum atomic E-state index is 6.00. The Morgan fingerprint density at radius 1 is 1.17 bits per heavy atom. The number of hydrogen-bond acceptors (Lipinski definition) is 5. The fraction of sp³-hybridized carbons (Fsp3) is 1.00.